The molecule has 1 fully saturated rings. The molecule has 1 heterocycles. The first-order valence-electron chi connectivity index (χ1n) is 6.24. The molecule has 0 radical (unpaired) electrons. The number of anilines is 1. The lowest BCUT2D eigenvalue weighted by Gasteiger charge is -2.11. The molecule has 0 saturated carbocycles. The van der Waals surface area contributed by atoms with Crippen molar-refractivity contribution in [3.63, 3.8) is 0 Å². The molecule has 2 rings (SSSR count). The summed E-state index contributed by atoms with van der Waals surface area (Å²) in [6.45, 7) is 5.65. The molecule has 0 unspecified atom stereocenters. The van der Waals surface area contributed by atoms with Crippen molar-refractivity contribution in [1.82, 2.24) is 5.32 Å². The predicted molar refractivity (Wildman–Crippen MR) is 72.8 cm³/mol. The van der Waals surface area contributed by atoms with Crippen LogP contribution in [0.5, 0.6) is 0 Å². The quantitative estimate of drug-likeness (QED) is 0.601. The molecule has 1 aliphatic heterocycles. The van der Waals surface area contributed by atoms with E-state index in [2.05, 4.69) is 17.2 Å². The van der Waals surface area contributed by atoms with Crippen molar-refractivity contribution in [3.05, 3.63) is 42.5 Å². The SMILES string of the molecule is C=CCNCC(=O)Nc1cccc(C2OCCO2)c1. The van der Waals surface area contributed by atoms with Gasteiger partial charge in [0, 0.05) is 17.8 Å². The van der Waals surface area contributed by atoms with Crippen LogP contribution >= 0.6 is 0 Å². The Hall–Kier alpha value is -1.69. The highest BCUT2D eigenvalue weighted by molar-refractivity contribution is 5.92. The molecule has 0 aliphatic carbocycles. The van der Waals surface area contributed by atoms with Gasteiger partial charge in [0.2, 0.25) is 5.91 Å². The average molecular weight is 262 g/mol. The van der Waals surface area contributed by atoms with Crippen LogP contribution in [0, 0.1) is 0 Å². The molecule has 5 nitrogen and oxygen atoms in total. The van der Waals surface area contributed by atoms with E-state index in [1.807, 2.05) is 24.3 Å². The molecule has 0 aromatic heterocycles. The third kappa shape index (κ3) is 4.17. The van der Waals surface area contributed by atoms with E-state index in [1.54, 1.807) is 6.08 Å². The second-order valence-corrected chi connectivity index (χ2v) is 4.17. The minimum absolute atomic E-state index is 0.0905. The van der Waals surface area contributed by atoms with Gasteiger partial charge in [-0.25, -0.2) is 0 Å². The van der Waals surface area contributed by atoms with Gasteiger partial charge in [0.15, 0.2) is 6.29 Å². The number of benzene rings is 1. The summed E-state index contributed by atoms with van der Waals surface area (Å²) >= 11 is 0. The van der Waals surface area contributed by atoms with Gasteiger partial charge in [-0.15, -0.1) is 6.58 Å². The molecular weight excluding hydrogens is 244 g/mol. The zero-order valence-electron chi connectivity index (χ0n) is 10.7. The van der Waals surface area contributed by atoms with Crippen molar-refractivity contribution >= 4 is 11.6 Å². The van der Waals surface area contributed by atoms with Gasteiger partial charge >= 0.3 is 0 Å². The minimum atomic E-state index is -0.323. The van der Waals surface area contributed by atoms with Crippen molar-refractivity contribution in [2.45, 2.75) is 6.29 Å². The van der Waals surface area contributed by atoms with Crippen LogP contribution in [0.15, 0.2) is 36.9 Å². The van der Waals surface area contributed by atoms with E-state index in [-0.39, 0.29) is 18.7 Å². The van der Waals surface area contributed by atoms with E-state index >= 15 is 0 Å². The third-order valence-corrected chi connectivity index (χ3v) is 2.64. The van der Waals surface area contributed by atoms with Crippen molar-refractivity contribution in [1.29, 1.82) is 0 Å². The topological polar surface area (TPSA) is 59.6 Å². The first kappa shape index (κ1) is 13.7. The molecule has 19 heavy (non-hydrogen) atoms. The van der Waals surface area contributed by atoms with Crippen LogP contribution in [-0.2, 0) is 14.3 Å². The summed E-state index contributed by atoms with van der Waals surface area (Å²) < 4.78 is 10.8. The van der Waals surface area contributed by atoms with Crippen molar-refractivity contribution in [3.8, 4) is 0 Å². The monoisotopic (exact) mass is 262 g/mol. The smallest absolute Gasteiger partial charge is 0.238 e. The summed E-state index contributed by atoms with van der Waals surface area (Å²) in [5.74, 6) is -0.0905. The zero-order valence-corrected chi connectivity index (χ0v) is 10.7. The van der Waals surface area contributed by atoms with Crippen molar-refractivity contribution in [2.75, 3.05) is 31.6 Å². The van der Waals surface area contributed by atoms with Crippen LogP contribution in [0.1, 0.15) is 11.9 Å². The summed E-state index contributed by atoms with van der Waals surface area (Å²) in [5.41, 5.74) is 1.65. The molecule has 1 amide bonds. The van der Waals surface area contributed by atoms with Crippen LogP contribution in [0.4, 0.5) is 5.69 Å². The fourth-order valence-electron chi connectivity index (χ4n) is 1.81. The Morgan fingerprint density at radius 2 is 2.21 bits per heavy atom. The molecular formula is C14H18N2O3. The van der Waals surface area contributed by atoms with Gasteiger partial charge in [0.05, 0.1) is 19.8 Å². The number of nitrogens with one attached hydrogen (secondary N) is 2. The Labute approximate surface area is 112 Å². The zero-order chi connectivity index (χ0) is 13.5. The lowest BCUT2D eigenvalue weighted by Crippen LogP contribution is -2.28. The Morgan fingerprint density at radius 3 is 2.95 bits per heavy atom. The highest BCUT2D eigenvalue weighted by Gasteiger charge is 2.18. The first-order chi connectivity index (χ1) is 9.29. The highest BCUT2D eigenvalue weighted by Crippen LogP contribution is 2.25. The number of ether oxygens (including phenoxy) is 2. The Balaban J connectivity index is 1.91. The van der Waals surface area contributed by atoms with E-state index in [4.69, 9.17) is 9.47 Å². The fraction of sp³-hybridized carbons (Fsp3) is 0.357. The van der Waals surface area contributed by atoms with Crippen LogP contribution < -0.4 is 10.6 Å². The van der Waals surface area contributed by atoms with Gasteiger partial charge in [-0.2, -0.15) is 0 Å². The van der Waals surface area contributed by atoms with E-state index < -0.39 is 0 Å². The molecule has 1 aromatic rings. The Kier molecular flexibility index (Phi) is 5.09. The van der Waals surface area contributed by atoms with Crippen molar-refractivity contribution in [2.24, 2.45) is 0 Å². The van der Waals surface area contributed by atoms with Gasteiger partial charge in [0.25, 0.3) is 0 Å². The average Bonchev–Trinajstić information content (AvgIpc) is 2.93. The number of rotatable bonds is 6. The fourth-order valence-corrected chi connectivity index (χ4v) is 1.81. The number of carbonyl (C=O) groups excluding carboxylic acids is 1. The summed E-state index contributed by atoms with van der Waals surface area (Å²) in [4.78, 5) is 11.6. The van der Waals surface area contributed by atoms with Crippen molar-refractivity contribution < 1.29 is 14.3 Å². The molecule has 1 saturated heterocycles. The van der Waals surface area contributed by atoms with Crippen LogP contribution in [-0.4, -0.2) is 32.2 Å². The molecule has 1 aromatic carbocycles. The van der Waals surface area contributed by atoms with Gasteiger partial charge in [-0.05, 0) is 12.1 Å². The summed E-state index contributed by atoms with van der Waals surface area (Å²) in [6.07, 6.45) is 1.39. The molecule has 102 valence electrons. The second-order valence-electron chi connectivity index (χ2n) is 4.17. The molecule has 1 aliphatic rings. The van der Waals surface area contributed by atoms with Crippen LogP contribution in [0.2, 0.25) is 0 Å². The maximum absolute atomic E-state index is 11.6. The maximum Gasteiger partial charge on any atom is 0.238 e. The van der Waals surface area contributed by atoms with E-state index in [9.17, 15) is 4.79 Å². The molecule has 0 bridgehead atoms. The highest BCUT2D eigenvalue weighted by atomic mass is 16.7. The second kappa shape index (κ2) is 7.04. The lowest BCUT2D eigenvalue weighted by atomic mass is 10.2. The van der Waals surface area contributed by atoms with Crippen LogP contribution in [0.25, 0.3) is 0 Å². The van der Waals surface area contributed by atoms with Gasteiger partial charge in [-0.3, -0.25) is 4.79 Å². The van der Waals surface area contributed by atoms with E-state index in [0.717, 1.165) is 11.3 Å². The summed E-state index contributed by atoms with van der Waals surface area (Å²) in [6, 6.07) is 7.49. The normalized spacial score (nSPS) is 15.4. The van der Waals surface area contributed by atoms with Gasteiger partial charge in [-0.1, -0.05) is 18.2 Å². The molecule has 2 N–H and O–H groups in total. The first-order valence-corrected chi connectivity index (χ1v) is 6.24. The van der Waals surface area contributed by atoms with Gasteiger partial charge in [0.1, 0.15) is 0 Å². The number of hydrogen-bond donors (Lipinski definition) is 2. The van der Waals surface area contributed by atoms with E-state index in [0.29, 0.717) is 19.8 Å². The number of amides is 1. The standard InChI is InChI=1S/C14H18N2O3/c1-2-6-15-10-13(17)16-12-5-3-4-11(9-12)14-18-7-8-19-14/h2-5,9,14-15H,1,6-8,10H2,(H,16,17). The minimum Gasteiger partial charge on any atom is -0.346 e. The molecule has 0 atom stereocenters. The third-order valence-electron chi connectivity index (χ3n) is 2.64. The number of hydrogen-bond acceptors (Lipinski definition) is 4. The molecule has 0 spiro atoms. The largest absolute Gasteiger partial charge is 0.346 e. The Morgan fingerprint density at radius 1 is 1.42 bits per heavy atom. The predicted octanol–water partition coefficient (Wildman–Crippen LogP) is 1.45. The maximum atomic E-state index is 11.6. The molecule has 5 heteroatoms. The van der Waals surface area contributed by atoms with Crippen LogP contribution in [0.3, 0.4) is 0 Å². The van der Waals surface area contributed by atoms with E-state index in [1.165, 1.54) is 0 Å². The Bertz CT molecular complexity index is 442. The number of carbonyl (C=O) groups is 1. The van der Waals surface area contributed by atoms with Gasteiger partial charge < -0.3 is 20.1 Å². The lowest BCUT2D eigenvalue weighted by molar-refractivity contribution is -0.115. The summed E-state index contributed by atoms with van der Waals surface area (Å²) in [7, 11) is 0. The summed E-state index contributed by atoms with van der Waals surface area (Å²) in [5, 5.41) is 5.76.